The van der Waals surface area contributed by atoms with Gasteiger partial charge in [0.25, 0.3) is 0 Å². The summed E-state index contributed by atoms with van der Waals surface area (Å²) >= 11 is 12.5. The molecule has 1 N–H and O–H groups in total. The Kier molecular flexibility index (Phi) is 4.74. The molecule has 132 valence electrons. The third-order valence-electron chi connectivity index (χ3n) is 4.77. The van der Waals surface area contributed by atoms with Gasteiger partial charge in [0.1, 0.15) is 6.10 Å². The van der Waals surface area contributed by atoms with Gasteiger partial charge in [-0.05, 0) is 30.7 Å². The lowest BCUT2D eigenvalue weighted by Gasteiger charge is -2.46. The van der Waals surface area contributed by atoms with Crippen molar-refractivity contribution in [1.82, 2.24) is 0 Å². The molecular weight excluding hydrogens is 357 g/mol. The van der Waals surface area contributed by atoms with E-state index in [-0.39, 0.29) is 18.1 Å². The summed E-state index contributed by atoms with van der Waals surface area (Å²) < 4.78 is 5.76. The van der Waals surface area contributed by atoms with Crippen LogP contribution in [0.4, 0.5) is 5.69 Å². The van der Waals surface area contributed by atoms with Crippen molar-refractivity contribution in [1.29, 1.82) is 0 Å². The van der Waals surface area contributed by atoms with Crippen LogP contribution in [0.5, 0.6) is 0 Å². The summed E-state index contributed by atoms with van der Waals surface area (Å²) in [6.07, 6.45) is -0.377. The molecule has 1 aliphatic rings. The van der Waals surface area contributed by atoms with E-state index in [1.165, 1.54) is 6.92 Å². The Morgan fingerprint density at radius 3 is 2.48 bits per heavy atom. The minimum atomic E-state index is -0.413. The van der Waals surface area contributed by atoms with Crippen molar-refractivity contribution in [2.75, 3.05) is 5.32 Å². The molecule has 0 aromatic heterocycles. The fraction of sp³-hybridized carbons (Fsp3) is 0.350. The molecule has 2 aromatic carbocycles. The summed E-state index contributed by atoms with van der Waals surface area (Å²) in [5.41, 5.74) is 3.58. The van der Waals surface area contributed by atoms with Crippen molar-refractivity contribution < 1.29 is 9.53 Å². The number of benzene rings is 2. The van der Waals surface area contributed by atoms with Gasteiger partial charge in [0, 0.05) is 33.6 Å². The number of rotatable bonds is 2. The number of aryl methyl sites for hydroxylation is 1. The van der Waals surface area contributed by atoms with E-state index < -0.39 is 5.41 Å². The molecule has 0 bridgehead atoms. The van der Waals surface area contributed by atoms with Crippen LogP contribution in [-0.2, 0) is 9.53 Å². The zero-order valence-electron chi connectivity index (χ0n) is 14.7. The van der Waals surface area contributed by atoms with E-state index in [4.69, 9.17) is 27.9 Å². The first-order chi connectivity index (χ1) is 11.7. The molecule has 3 nitrogen and oxygen atoms in total. The molecule has 1 heterocycles. The second kappa shape index (κ2) is 6.54. The lowest BCUT2D eigenvalue weighted by molar-refractivity contribution is -0.154. The number of carbonyl (C=O) groups is 1. The number of ether oxygens (including phenoxy) is 1. The van der Waals surface area contributed by atoms with Crippen molar-refractivity contribution >= 4 is 34.9 Å². The summed E-state index contributed by atoms with van der Waals surface area (Å²) in [5.74, 6) is -0.298. The summed E-state index contributed by atoms with van der Waals surface area (Å²) in [6, 6.07) is 11.5. The minimum Gasteiger partial charge on any atom is -0.457 e. The number of esters is 1. The van der Waals surface area contributed by atoms with Crippen LogP contribution in [0.2, 0.25) is 10.0 Å². The number of anilines is 1. The Morgan fingerprint density at radius 2 is 1.84 bits per heavy atom. The van der Waals surface area contributed by atoms with Crippen LogP contribution in [0, 0.1) is 12.3 Å². The van der Waals surface area contributed by atoms with Crippen LogP contribution in [0.25, 0.3) is 0 Å². The van der Waals surface area contributed by atoms with Gasteiger partial charge >= 0.3 is 5.97 Å². The maximum atomic E-state index is 11.8. The molecule has 0 saturated heterocycles. The van der Waals surface area contributed by atoms with Crippen LogP contribution >= 0.6 is 23.2 Å². The number of fused-ring (bicyclic) bond motifs is 1. The molecule has 2 aromatic rings. The summed E-state index contributed by atoms with van der Waals surface area (Å²) in [5, 5.41) is 4.76. The van der Waals surface area contributed by atoms with Gasteiger partial charge in [-0.3, -0.25) is 4.79 Å². The Labute approximate surface area is 158 Å². The Hall–Kier alpha value is -1.71. The van der Waals surface area contributed by atoms with Crippen LogP contribution in [0.15, 0.2) is 36.4 Å². The first-order valence-corrected chi connectivity index (χ1v) is 8.95. The van der Waals surface area contributed by atoms with Crippen LogP contribution < -0.4 is 5.32 Å². The van der Waals surface area contributed by atoms with Crippen molar-refractivity contribution in [3.05, 3.63) is 63.1 Å². The van der Waals surface area contributed by atoms with E-state index in [2.05, 4.69) is 25.2 Å². The van der Waals surface area contributed by atoms with E-state index in [0.29, 0.717) is 10.0 Å². The summed E-state index contributed by atoms with van der Waals surface area (Å²) in [7, 11) is 0. The molecule has 0 aliphatic carbocycles. The number of hydrogen-bond acceptors (Lipinski definition) is 3. The third-order valence-corrected chi connectivity index (χ3v) is 5.33. The van der Waals surface area contributed by atoms with E-state index in [9.17, 15) is 4.79 Å². The van der Waals surface area contributed by atoms with Crippen molar-refractivity contribution in [2.24, 2.45) is 5.41 Å². The van der Waals surface area contributed by atoms with Crippen LogP contribution in [-0.4, -0.2) is 5.97 Å². The molecule has 0 fully saturated rings. The van der Waals surface area contributed by atoms with Gasteiger partial charge in [0.05, 0.1) is 6.04 Å². The SMILES string of the molecule is CC(=O)OC1c2cc(C)ccc2NC(c2ccc(Cl)cc2Cl)C1(C)C. The van der Waals surface area contributed by atoms with Gasteiger partial charge < -0.3 is 10.1 Å². The predicted octanol–water partition coefficient (Wildman–Crippen LogP) is 6.10. The highest BCUT2D eigenvalue weighted by atomic mass is 35.5. The number of halogens is 2. The second-order valence-corrected chi connectivity index (χ2v) is 7.99. The highest BCUT2D eigenvalue weighted by Crippen LogP contribution is 2.54. The minimum absolute atomic E-state index is 0.128. The number of hydrogen-bond donors (Lipinski definition) is 1. The van der Waals surface area contributed by atoms with E-state index in [0.717, 1.165) is 22.4 Å². The monoisotopic (exact) mass is 377 g/mol. The van der Waals surface area contributed by atoms with Crippen LogP contribution in [0.1, 0.15) is 49.6 Å². The largest absolute Gasteiger partial charge is 0.457 e. The first-order valence-electron chi connectivity index (χ1n) is 8.19. The molecule has 2 unspecified atom stereocenters. The van der Waals surface area contributed by atoms with Crippen molar-refractivity contribution in [2.45, 2.75) is 39.8 Å². The Bertz CT molecular complexity index is 832. The average molecular weight is 378 g/mol. The molecule has 5 heteroatoms. The third kappa shape index (κ3) is 3.36. The molecular formula is C20H21Cl2NO2. The van der Waals surface area contributed by atoms with Gasteiger partial charge in [-0.1, -0.05) is 60.8 Å². The molecule has 0 amide bonds. The van der Waals surface area contributed by atoms with Crippen molar-refractivity contribution in [3.63, 3.8) is 0 Å². The summed E-state index contributed by atoms with van der Waals surface area (Å²) in [4.78, 5) is 11.8. The van der Waals surface area contributed by atoms with Gasteiger partial charge in [-0.2, -0.15) is 0 Å². The molecule has 0 radical (unpaired) electrons. The zero-order chi connectivity index (χ0) is 18.4. The van der Waals surface area contributed by atoms with Gasteiger partial charge in [0.2, 0.25) is 0 Å². The summed E-state index contributed by atoms with van der Waals surface area (Å²) in [6.45, 7) is 7.63. The predicted molar refractivity (Wildman–Crippen MR) is 102 cm³/mol. The van der Waals surface area contributed by atoms with Gasteiger partial charge in [-0.25, -0.2) is 0 Å². The number of nitrogens with one attached hydrogen (secondary N) is 1. The normalized spacial score (nSPS) is 21.2. The van der Waals surface area contributed by atoms with E-state index in [1.54, 1.807) is 6.07 Å². The fourth-order valence-corrected chi connectivity index (χ4v) is 4.04. The quantitative estimate of drug-likeness (QED) is 0.642. The standard InChI is InChI=1S/C20H21Cl2NO2/c1-11-5-8-17-15(9-11)19(25-12(2)24)20(3,4)18(23-17)14-7-6-13(21)10-16(14)22/h5-10,18-19,23H,1-4H3. The number of carbonyl (C=O) groups excluding carboxylic acids is 1. The van der Waals surface area contributed by atoms with Gasteiger partial charge in [-0.15, -0.1) is 0 Å². The molecule has 0 spiro atoms. The highest BCUT2D eigenvalue weighted by molar-refractivity contribution is 6.35. The molecule has 3 rings (SSSR count). The second-order valence-electron chi connectivity index (χ2n) is 7.14. The van der Waals surface area contributed by atoms with E-state index >= 15 is 0 Å². The molecule has 2 atom stereocenters. The Balaban J connectivity index is 2.15. The maximum absolute atomic E-state index is 11.8. The van der Waals surface area contributed by atoms with Crippen molar-refractivity contribution in [3.8, 4) is 0 Å². The maximum Gasteiger partial charge on any atom is 0.303 e. The molecule has 1 aliphatic heterocycles. The lowest BCUT2D eigenvalue weighted by atomic mass is 9.70. The molecule has 25 heavy (non-hydrogen) atoms. The van der Waals surface area contributed by atoms with Crippen LogP contribution in [0.3, 0.4) is 0 Å². The smallest absolute Gasteiger partial charge is 0.303 e. The topological polar surface area (TPSA) is 38.3 Å². The average Bonchev–Trinajstić information content (AvgIpc) is 2.51. The first kappa shape index (κ1) is 18.1. The Morgan fingerprint density at radius 1 is 1.12 bits per heavy atom. The highest BCUT2D eigenvalue weighted by Gasteiger charge is 2.46. The molecule has 0 saturated carbocycles. The van der Waals surface area contributed by atoms with E-state index in [1.807, 2.05) is 31.2 Å². The fourth-order valence-electron chi connectivity index (χ4n) is 3.52. The lowest BCUT2D eigenvalue weighted by Crippen LogP contribution is -2.40. The van der Waals surface area contributed by atoms with Gasteiger partial charge in [0.15, 0.2) is 0 Å². The zero-order valence-corrected chi connectivity index (χ0v) is 16.2.